The zero-order chi connectivity index (χ0) is 37.8. The second-order valence-corrected chi connectivity index (χ2v) is 15.3. The second-order valence-electron chi connectivity index (χ2n) is 15.3. The van der Waals surface area contributed by atoms with Crippen LogP contribution in [0.4, 0.5) is 0 Å². The number of ether oxygens (including phenoxy) is 3. The molecule has 0 unspecified atom stereocenters. The predicted octanol–water partition coefficient (Wildman–Crippen LogP) is 12.7. The molecule has 6 heteroatoms. The first-order valence-electron chi connectivity index (χ1n) is 22.6. The van der Waals surface area contributed by atoms with Gasteiger partial charge in [0.05, 0.1) is 19.8 Å². The molecule has 0 aliphatic heterocycles. The van der Waals surface area contributed by atoms with Crippen LogP contribution in [0.25, 0.3) is 0 Å². The lowest BCUT2D eigenvalue weighted by Crippen LogP contribution is -2.29. The quantitative estimate of drug-likeness (QED) is 0.0382. The number of hydrogen-bond donors (Lipinski definition) is 1. The summed E-state index contributed by atoms with van der Waals surface area (Å²) in [4.78, 5) is 14.6. The fraction of sp³-hybridized carbons (Fsp3) is 0.891. The highest BCUT2D eigenvalue weighted by molar-refractivity contribution is 5.69. The van der Waals surface area contributed by atoms with Crippen molar-refractivity contribution in [1.29, 1.82) is 0 Å². The highest BCUT2D eigenvalue weighted by atomic mass is 16.6. The van der Waals surface area contributed by atoms with E-state index < -0.39 is 0 Å². The van der Waals surface area contributed by atoms with Crippen LogP contribution in [-0.2, 0) is 19.0 Å². The molecule has 0 heterocycles. The van der Waals surface area contributed by atoms with E-state index in [1.54, 1.807) is 0 Å². The fourth-order valence-corrected chi connectivity index (χ4v) is 6.47. The molecule has 0 radical (unpaired) electrons. The number of unbranched alkanes of at least 4 members (excludes halogenated alkanes) is 24. The van der Waals surface area contributed by atoms with Gasteiger partial charge in [0.2, 0.25) is 0 Å². The number of esters is 1. The zero-order valence-corrected chi connectivity index (χ0v) is 35.1. The molecule has 6 nitrogen and oxygen atoms in total. The van der Waals surface area contributed by atoms with Crippen LogP contribution in [0.5, 0.6) is 0 Å². The Kier molecular flexibility index (Phi) is 43.2. The molecule has 0 atom stereocenters. The molecular weight excluding hydrogens is 647 g/mol. The van der Waals surface area contributed by atoms with Crippen molar-refractivity contribution < 1.29 is 24.1 Å². The van der Waals surface area contributed by atoms with Crippen LogP contribution in [0.2, 0.25) is 0 Å². The lowest BCUT2D eigenvalue weighted by molar-refractivity contribution is -0.156. The van der Waals surface area contributed by atoms with Gasteiger partial charge in [0, 0.05) is 26.2 Å². The molecule has 0 amide bonds. The normalized spacial score (nSPS) is 12.0. The number of aliphatic hydroxyl groups excluding tert-OH is 1. The van der Waals surface area contributed by atoms with Crippen molar-refractivity contribution in [2.45, 2.75) is 213 Å². The molecule has 0 saturated heterocycles. The highest BCUT2D eigenvalue weighted by Crippen LogP contribution is 2.12. The average Bonchev–Trinajstić information content (AvgIpc) is 3.13. The van der Waals surface area contributed by atoms with E-state index >= 15 is 0 Å². The molecular formula is C46H89NO5. The minimum atomic E-state index is -0.356. The smallest absolute Gasteiger partial charge is 0.306 e. The number of nitrogens with zero attached hydrogens (tertiary/aromatic N) is 1. The molecule has 0 aromatic heterocycles. The molecule has 0 aromatic carbocycles. The molecule has 0 aliphatic rings. The van der Waals surface area contributed by atoms with E-state index in [1.807, 2.05) is 11.9 Å². The van der Waals surface area contributed by atoms with Crippen molar-refractivity contribution in [3.05, 3.63) is 24.3 Å². The summed E-state index contributed by atoms with van der Waals surface area (Å²) in [5, 5.41) is 9.09. The van der Waals surface area contributed by atoms with E-state index in [-0.39, 0.29) is 18.7 Å². The van der Waals surface area contributed by atoms with Gasteiger partial charge in [0.1, 0.15) is 6.10 Å². The Bertz CT molecular complexity index is 711. The number of aliphatic hydroxyl groups is 1. The van der Waals surface area contributed by atoms with Gasteiger partial charge in [-0.25, -0.2) is 0 Å². The summed E-state index contributed by atoms with van der Waals surface area (Å²) in [5.41, 5.74) is 0. The largest absolute Gasteiger partial charge is 0.457 e. The van der Waals surface area contributed by atoms with Crippen molar-refractivity contribution in [2.75, 3.05) is 53.2 Å². The van der Waals surface area contributed by atoms with Gasteiger partial charge in [-0.05, 0) is 84.2 Å². The maximum Gasteiger partial charge on any atom is 0.306 e. The minimum Gasteiger partial charge on any atom is -0.457 e. The van der Waals surface area contributed by atoms with E-state index in [1.165, 1.54) is 167 Å². The number of hydrogen-bond acceptors (Lipinski definition) is 6. The topological polar surface area (TPSA) is 68.2 Å². The van der Waals surface area contributed by atoms with Crippen LogP contribution in [0.15, 0.2) is 24.3 Å². The monoisotopic (exact) mass is 736 g/mol. The van der Waals surface area contributed by atoms with Gasteiger partial charge in [0.15, 0.2) is 0 Å². The molecule has 308 valence electrons. The number of allylic oxidation sites excluding steroid dienone is 4. The Morgan fingerprint density at radius 1 is 0.519 bits per heavy atom. The maximum absolute atomic E-state index is 12.6. The molecule has 52 heavy (non-hydrogen) atoms. The Hall–Kier alpha value is -1.21. The van der Waals surface area contributed by atoms with E-state index in [4.69, 9.17) is 19.3 Å². The third-order valence-corrected chi connectivity index (χ3v) is 9.91. The van der Waals surface area contributed by atoms with E-state index in [2.05, 4.69) is 38.2 Å². The Labute approximate surface area is 324 Å². The van der Waals surface area contributed by atoms with E-state index in [0.717, 1.165) is 19.4 Å². The number of likely N-dealkylation sites (N-methyl/N-ethyl adjacent to an activating group) is 1. The molecule has 0 fully saturated rings. The fourth-order valence-electron chi connectivity index (χ4n) is 6.47. The summed E-state index contributed by atoms with van der Waals surface area (Å²) in [7, 11) is 1.96. The van der Waals surface area contributed by atoms with Gasteiger partial charge in [-0.15, -0.1) is 0 Å². The number of carbonyl (C=O) groups is 1. The summed E-state index contributed by atoms with van der Waals surface area (Å²) < 4.78 is 17.7. The Balaban J connectivity index is 4.00. The summed E-state index contributed by atoms with van der Waals surface area (Å²) in [5.74, 6) is -0.191. The van der Waals surface area contributed by atoms with Gasteiger partial charge < -0.3 is 24.2 Å². The van der Waals surface area contributed by atoms with Gasteiger partial charge >= 0.3 is 5.97 Å². The minimum absolute atomic E-state index is 0.131. The van der Waals surface area contributed by atoms with Crippen molar-refractivity contribution in [3.8, 4) is 0 Å². The van der Waals surface area contributed by atoms with Gasteiger partial charge in [0.25, 0.3) is 0 Å². The van der Waals surface area contributed by atoms with Gasteiger partial charge in [-0.2, -0.15) is 0 Å². The van der Waals surface area contributed by atoms with Crippen molar-refractivity contribution >= 4 is 5.97 Å². The summed E-state index contributed by atoms with van der Waals surface area (Å²) in [6, 6.07) is 0. The molecule has 0 bridgehead atoms. The number of carbonyl (C=O) groups excluding carboxylic acids is 1. The first-order valence-corrected chi connectivity index (χ1v) is 22.6. The third-order valence-electron chi connectivity index (χ3n) is 9.91. The number of rotatable bonds is 43. The standard InChI is InChI=1S/C46H89NO5/c1-4-6-8-10-12-14-16-18-20-22-24-26-28-30-32-34-41-50-43-45(52-46(49)37-36-38-47(3)39-40-48)44-51-42-35-33-31-29-27-25-23-21-19-17-15-13-11-9-7-5-2/h18-21,45,48H,4-17,22-44H2,1-3H3/b20-18-,21-19-. The van der Waals surface area contributed by atoms with Crippen molar-refractivity contribution in [2.24, 2.45) is 0 Å². The van der Waals surface area contributed by atoms with Crippen molar-refractivity contribution in [1.82, 2.24) is 4.90 Å². The third kappa shape index (κ3) is 41.5. The summed E-state index contributed by atoms with van der Waals surface area (Å²) >= 11 is 0. The molecule has 0 saturated carbocycles. The lowest BCUT2D eigenvalue weighted by atomic mass is 10.1. The second kappa shape index (κ2) is 44.2. The van der Waals surface area contributed by atoms with Crippen LogP contribution in [-0.4, -0.2) is 75.3 Å². The summed E-state index contributed by atoms with van der Waals surface area (Å²) in [6.45, 7) is 8.27. The molecule has 1 N–H and O–H groups in total. The van der Waals surface area contributed by atoms with Crippen LogP contribution in [0.1, 0.15) is 206 Å². The van der Waals surface area contributed by atoms with Crippen LogP contribution < -0.4 is 0 Å². The van der Waals surface area contributed by atoms with Crippen LogP contribution in [0, 0.1) is 0 Å². The molecule has 0 aliphatic carbocycles. The molecule has 0 spiro atoms. The van der Waals surface area contributed by atoms with Crippen molar-refractivity contribution in [3.63, 3.8) is 0 Å². The predicted molar refractivity (Wildman–Crippen MR) is 224 cm³/mol. The maximum atomic E-state index is 12.6. The zero-order valence-electron chi connectivity index (χ0n) is 35.1. The van der Waals surface area contributed by atoms with E-state index in [0.29, 0.717) is 45.8 Å². The van der Waals surface area contributed by atoms with E-state index in [9.17, 15) is 4.79 Å². The average molecular weight is 736 g/mol. The highest BCUT2D eigenvalue weighted by Gasteiger charge is 2.16. The molecule has 0 rings (SSSR count). The van der Waals surface area contributed by atoms with Crippen LogP contribution >= 0.6 is 0 Å². The van der Waals surface area contributed by atoms with Gasteiger partial charge in [-0.3, -0.25) is 4.79 Å². The Morgan fingerprint density at radius 2 is 0.885 bits per heavy atom. The first-order chi connectivity index (χ1) is 25.6. The molecule has 0 aromatic rings. The summed E-state index contributed by atoms with van der Waals surface area (Å²) in [6.07, 6.45) is 46.5. The van der Waals surface area contributed by atoms with Crippen LogP contribution in [0.3, 0.4) is 0 Å². The SMILES string of the molecule is CCCCCCCC/C=C\CCCCCCCCOCC(COCCCCCCCC/C=C\CCCCCCCC)OC(=O)CCCN(C)CCO. The Morgan fingerprint density at radius 3 is 1.27 bits per heavy atom. The lowest BCUT2D eigenvalue weighted by Gasteiger charge is -2.19. The van der Waals surface area contributed by atoms with Gasteiger partial charge in [-0.1, -0.05) is 154 Å². The first kappa shape index (κ1) is 50.8.